The Morgan fingerprint density at radius 1 is 1.32 bits per heavy atom. The van der Waals surface area contributed by atoms with Crippen LogP contribution in [0.1, 0.15) is 32.1 Å². The molecule has 3 atom stereocenters. The maximum Gasteiger partial charge on any atom is 0.306 e. The molecule has 1 aromatic carbocycles. The highest BCUT2D eigenvalue weighted by atomic mass is 19.1. The fourth-order valence-electron chi connectivity index (χ4n) is 3.95. The smallest absolute Gasteiger partial charge is 0.306 e. The van der Waals surface area contributed by atoms with Gasteiger partial charge in [0.15, 0.2) is 6.61 Å². The van der Waals surface area contributed by atoms with Gasteiger partial charge in [-0.2, -0.15) is 0 Å². The highest BCUT2D eigenvalue weighted by Gasteiger charge is 2.40. The number of nitro groups is 1. The Kier molecular flexibility index (Phi) is 4.96. The van der Waals surface area contributed by atoms with Crippen LogP contribution in [0.4, 0.5) is 15.8 Å². The fraction of sp³-hybridized carbons (Fsp3) is 0.529. The number of halogens is 1. The van der Waals surface area contributed by atoms with Gasteiger partial charge in [-0.1, -0.05) is 6.42 Å². The van der Waals surface area contributed by atoms with E-state index in [4.69, 9.17) is 4.74 Å². The largest absolute Gasteiger partial charge is 0.456 e. The number of benzene rings is 1. The van der Waals surface area contributed by atoms with Crippen molar-refractivity contribution in [2.24, 2.45) is 17.8 Å². The molecule has 7 nitrogen and oxygen atoms in total. The SMILES string of the molecule is O=C(COC(=O)C[C@@H]1C[C@H]2CC[C@H]1C2)Nc1cc([N+](=O)[O-])ccc1F. The van der Waals surface area contributed by atoms with Gasteiger partial charge in [-0.15, -0.1) is 0 Å². The zero-order chi connectivity index (χ0) is 18.0. The molecule has 0 spiro atoms. The predicted octanol–water partition coefficient (Wildman–Crippen LogP) is 3.04. The number of rotatable bonds is 6. The highest BCUT2D eigenvalue weighted by Crippen LogP contribution is 2.49. The van der Waals surface area contributed by atoms with E-state index in [0.29, 0.717) is 18.3 Å². The standard InChI is InChI=1S/C17H19FN2O5/c18-14-4-3-13(20(23)24)8-15(14)19-16(21)9-25-17(22)7-12-6-10-1-2-11(12)5-10/h3-4,8,10-12H,1-2,5-7,9H2,(H,19,21)/t10-,11-,12-/m0/s1. The molecule has 2 fully saturated rings. The van der Waals surface area contributed by atoms with E-state index in [1.807, 2.05) is 0 Å². The van der Waals surface area contributed by atoms with Crippen molar-refractivity contribution in [3.8, 4) is 0 Å². The molecule has 2 aliphatic carbocycles. The number of esters is 1. The molecule has 2 bridgehead atoms. The third-order valence-electron chi connectivity index (χ3n) is 5.11. The third-order valence-corrected chi connectivity index (χ3v) is 5.11. The number of anilines is 1. The van der Waals surface area contributed by atoms with Gasteiger partial charge in [-0.25, -0.2) is 4.39 Å². The molecule has 1 N–H and O–H groups in total. The summed E-state index contributed by atoms with van der Waals surface area (Å²) in [5.41, 5.74) is -0.659. The molecule has 134 valence electrons. The monoisotopic (exact) mass is 350 g/mol. The Hall–Kier alpha value is -2.51. The Bertz CT molecular complexity index is 708. The van der Waals surface area contributed by atoms with Gasteiger partial charge in [0.1, 0.15) is 5.82 Å². The lowest BCUT2D eigenvalue weighted by molar-refractivity contribution is -0.384. The van der Waals surface area contributed by atoms with Crippen molar-refractivity contribution in [2.45, 2.75) is 32.1 Å². The highest BCUT2D eigenvalue weighted by molar-refractivity contribution is 5.93. The number of amides is 1. The molecular weight excluding hydrogens is 331 g/mol. The average Bonchev–Trinajstić information content (AvgIpc) is 3.17. The van der Waals surface area contributed by atoms with Crippen LogP contribution in [0.5, 0.6) is 0 Å². The van der Waals surface area contributed by atoms with Gasteiger partial charge in [0.05, 0.1) is 10.6 Å². The number of ether oxygens (including phenoxy) is 1. The van der Waals surface area contributed by atoms with Crippen molar-refractivity contribution in [1.29, 1.82) is 0 Å². The number of hydrogen-bond donors (Lipinski definition) is 1. The topological polar surface area (TPSA) is 98.5 Å². The lowest BCUT2D eigenvalue weighted by Gasteiger charge is -2.20. The quantitative estimate of drug-likeness (QED) is 0.483. The molecule has 0 aliphatic heterocycles. The fourth-order valence-corrected chi connectivity index (χ4v) is 3.95. The number of nitrogens with zero attached hydrogens (tertiary/aromatic N) is 1. The number of carbonyl (C=O) groups is 2. The van der Waals surface area contributed by atoms with E-state index in [1.54, 1.807) is 0 Å². The van der Waals surface area contributed by atoms with Gasteiger partial charge in [-0.3, -0.25) is 19.7 Å². The van der Waals surface area contributed by atoms with Crippen LogP contribution in [0.2, 0.25) is 0 Å². The van der Waals surface area contributed by atoms with E-state index >= 15 is 0 Å². The minimum absolute atomic E-state index is 0.305. The Balaban J connectivity index is 1.47. The Morgan fingerprint density at radius 3 is 2.76 bits per heavy atom. The normalized spacial score (nSPS) is 24.1. The number of fused-ring (bicyclic) bond motifs is 2. The second-order valence-electron chi connectivity index (χ2n) is 6.77. The van der Waals surface area contributed by atoms with Gasteiger partial charge in [-0.05, 0) is 43.1 Å². The first-order chi connectivity index (χ1) is 11.9. The second kappa shape index (κ2) is 7.16. The van der Waals surface area contributed by atoms with Crippen LogP contribution in [0.15, 0.2) is 18.2 Å². The van der Waals surface area contributed by atoms with Crippen LogP contribution < -0.4 is 5.32 Å². The summed E-state index contributed by atoms with van der Waals surface area (Å²) in [4.78, 5) is 33.7. The number of hydrogen-bond acceptors (Lipinski definition) is 5. The molecular formula is C17H19FN2O5. The van der Waals surface area contributed by atoms with E-state index in [2.05, 4.69) is 5.32 Å². The second-order valence-corrected chi connectivity index (χ2v) is 6.77. The van der Waals surface area contributed by atoms with Gasteiger partial charge >= 0.3 is 5.97 Å². The number of nitrogens with one attached hydrogen (secondary N) is 1. The number of nitro benzene ring substituents is 1. The van der Waals surface area contributed by atoms with Crippen LogP contribution >= 0.6 is 0 Å². The average molecular weight is 350 g/mol. The van der Waals surface area contributed by atoms with Crippen molar-refractivity contribution in [3.63, 3.8) is 0 Å². The molecule has 8 heteroatoms. The van der Waals surface area contributed by atoms with Gasteiger partial charge in [0, 0.05) is 18.6 Å². The summed E-state index contributed by atoms with van der Waals surface area (Å²) < 4.78 is 18.6. The Morgan fingerprint density at radius 2 is 2.12 bits per heavy atom. The van der Waals surface area contributed by atoms with E-state index in [-0.39, 0.29) is 11.4 Å². The summed E-state index contributed by atoms with van der Waals surface area (Å²) in [5, 5.41) is 12.9. The van der Waals surface area contributed by atoms with Crippen LogP contribution in [-0.4, -0.2) is 23.4 Å². The van der Waals surface area contributed by atoms with E-state index in [0.717, 1.165) is 37.0 Å². The maximum atomic E-state index is 13.6. The summed E-state index contributed by atoms with van der Waals surface area (Å²) in [5.74, 6) is -0.322. The first-order valence-electron chi connectivity index (χ1n) is 8.31. The zero-order valence-electron chi connectivity index (χ0n) is 13.6. The lowest BCUT2D eigenvalue weighted by Crippen LogP contribution is -2.23. The zero-order valence-corrected chi connectivity index (χ0v) is 13.6. The van der Waals surface area contributed by atoms with Crippen molar-refractivity contribution in [1.82, 2.24) is 0 Å². The van der Waals surface area contributed by atoms with E-state index in [1.165, 1.54) is 12.8 Å². The minimum atomic E-state index is -0.799. The van der Waals surface area contributed by atoms with E-state index in [9.17, 15) is 24.1 Å². The molecule has 25 heavy (non-hydrogen) atoms. The molecule has 1 aromatic rings. The molecule has 2 aliphatic rings. The minimum Gasteiger partial charge on any atom is -0.456 e. The Labute approximate surface area is 143 Å². The number of carbonyl (C=O) groups excluding carboxylic acids is 2. The molecule has 0 saturated heterocycles. The van der Waals surface area contributed by atoms with Crippen molar-refractivity contribution in [3.05, 3.63) is 34.1 Å². The van der Waals surface area contributed by atoms with Gasteiger partial charge in [0.25, 0.3) is 11.6 Å². The molecule has 1 amide bonds. The van der Waals surface area contributed by atoms with Gasteiger partial charge < -0.3 is 10.1 Å². The third kappa shape index (κ3) is 4.12. The number of non-ortho nitro benzene ring substituents is 1. The van der Waals surface area contributed by atoms with Crippen molar-refractivity contribution < 1.29 is 23.6 Å². The summed E-state index contributed by atoms with van der Waals surface area (Å²) in [6.07, 6.45) is 4.94. The summed E-state index contributed by atoms with van der Waals surface area (Å²) in [7, 11) is 0. The van der Waals surface area contributed by atoms with Crippen LogP contribution in [0, 0.1) is 33.7 Å². The first kappa shape index (κ1) is 17.3. The summed E-state index contributed by atoms with van der Waals surface area (Å²) in [6.45, 7) is -0.540. The lowest BCUT2D eigenvalue weighted by atomic mass is 9.86. The molecule has 2 saturated carbocycles. The summed E-state index contributed by atoms with van der Waals surface area (Å²) >= 11 is 0. The maximum absolute atomic E-state index is 13.6. The first-order valence-corrected chi connectivity index (χ1v) is 8.31. The van der Waals surface area contributed by atoms with Crippen molar-refractivity contribution in [2.75, 3.05) is 11.9 Å². The van der Waals surface area contributed by atoms with Gasteiger partial charge in [0.2, 0.25) is 0 Å². The van der Waals surface area contributed by atoms with E-state index < -0.39 is 29.2 Å². The molecule has 0 unspecified atom stereocenters. The molecule has 0 radical (unpaired) electrons. The van der Waals surface area contributed by atoms with Crippen LogP contribution in [0.25, 0.3) is 0 Å². The molecule has 0 heterocycles. The summed E-state index contributed by atoms with van der Waals surface area (Å²) in [6, 6.07) is 2.82. The molecule has 3 rings (SSSR count). The van der Waals surface area contributed by atoms with Crippen LogP contribution in [-0.2, 0) is 14.3 Å². The van der Waals surface area contributed by atoms with Crippen molar-refractivity contribution >= 4 is 23.3 Å². The molecule has 0 aromatic heterocycles. The predicted molar refractivity (Wildman–Crippen MR) is 86.2 cm³/mol. The van der Waals surface area contributed by atoms with Crippen LogP contribution in [0.3, 0.4) is 0 Å².